The zero-order chi connectivity index (χ0) is 16.8. The lowest BCUT2D eigenvalue weighted by Gasteiger charge is -2.27. The number of amides is 2. The van der Waals surface area contributed by atoms with Crippen molar-refractivity contribution in [3.8, 4) is 5.75 Å². The van der Waals surface area contributed by atoms with Crippen LogP contribution in [-0.2, 0) is 4.79 Å². The Morgan fingerprint density at radius 3 is 2.76 bits per heavy atom. The molecule has 0 bridgehead atoms. The average molecular weight is 366 g/mol. The molecule has 2 heterocycles. The summed E-state index contributed by atoms with van der Waals surface area (Å²) in [4.78, 5) is 23.7. The summed E-state index contributed by atoms with van der Waals surface area (Å²) in [6, 6.07) is 10.1. The number of anilines is 1. The van der Waals surface area contributed by atoms with Crippen molar-refractivity contribution in [3.05, 3.63) is 48.4 Å². The molecule has 134 valence electrons. The Labute approximate surface area is 151 Å². The first kappa shape index (κ1) is 18.8. The van der Waals surface area contributed by atoms with Crippen LogP contribution in [-0.4, -0.2) is 38.1 Å². The molecular weight excluding hydrogens is 346 g/mol. The average Bonchev–Trinajstić information content (AvgIpc) is 3.06. The quantitative estimate of drug-likeness (QED) is 0.694. The molecule has 1 fully saturated rings. The van der Waals surface area contributed by atoms with E-state index in [2.05, 4.69) is 16.0 Å². The Kier molecular flexibility index (Phi) is 6.85. The second-order valence-electron chi connectivity index (χ2n) is 5.58. The molecule has 7 nitrogen and oxygen atoms in total. The normalized spacial score (nSPS) is 13.3. The molecule has 1 aromatic heterocycles. The fourth-order valence-corrected chi connectivity index (χ4v) is 2.21. The lowest BCUT2D eigenvalue weighted by atomic mass is 10.0. The first-order valence-corrected chi connectivity index (χ1v) is 7.76. The number of benzene rings is 1. The number of rotatable bonds is 7. The number of furan rings is 1. The van der Waals surface area contributed by atoms with Gasteiger partial charge in [0.25, 0.3) is 11.8 Å². The van der Waals surface area contributed by atoms with Crippen molar-refractivity contribution in [2.45, 2.75) is 0 Å². The molecule has 1 aromatic carbocycles. The predicted octanol–water partition coefficient (Wildman–Crippen LogP) is 1.67. The van der Waals surface area contributed by atoms with Gasteiger partial charge in [0.05, 0.1) is 6.26 Å². The van der Waals surface area contributed by atoms with E-state index in [0.29, 0.717) is 23.9 Å². The van der Waals surface area contributed by atoms with Gasteiger partial charge in [-0.2, -0.15) is 0 Å². The number of carbonyl (C=O) groups is 2. The lowest BCUT2D eigenvalue weighted by Crippen LogP contribution is -2.48. The van der Waals surface area contributed by atoms with Crippen molar-refractivity contribution >= 4 is 29.9 Å². The van der Waals surface area contributed by atoms with Gasteiger partial charge in [-0.05, 0) is 24.3 Å². The molecule has 0 saturated carbocycles. The molecule has 1 aliphatic rings. The van der Waals surface area contributed by atoms with E-state index < -0.39 is 0 Å². The molecule has 0 spiro atoms. The van der Waals surface area contributed by atoms with E-state index in [1.807, 2.05) is 0 Å². The van der Waals surface area contributed by atoms with Gasteiger partial charge in [-0.3, -0.25) is 9.59 Å². The summed E-state index contributed by atoms with van der Waals surface area (Å²) in [5.74, 6) is 0.740. The summed E-state index contributed by atoms with van der Waals surface area (Å²) in [5.41, 5.74) is 0.565. The van der Waals surface area contributed by atoms with Crippen molar-refractivity contribution in [3.63, 3.8) is 0 Å². The molecule has 0 unspecified atom stereocenters. The van der Waals surface area contributed by atoms with Crippen molar-refractivity contribution < 1.29 is 18.7 Å². The van der Waals surface area contributed by atoms with E-state index in [1.165, 1.54) is 6.26 Å². The van der Waals surface area contributed by atoms with Crippen LogP contribution in [0.15, 0.2) is 47.1 Å². The van der Waals surface area contributed by atoms with E-state index in [4.69, 9.17) is 9.15 Å². The minimum atomic E-state index is -0.344. The number of carbonyl (C=O) groups excluding carboxylic acids is 2. The molecule has 8 heteroatoms. The SMILES string of the molecule is Cl.O=C(COc1cccc(NC(=O)c2ccco2)c1)NCC1CNC1. The third kappa shape index (κ3) is 5.51. The van der Waals surface area contributed by atoms with Gasteiger partial charge in [0.1, 0.15) is 5.75 Å². The van der Waals surface area contributed by atoms with Gasteiger partial charge in [0, 0.05) is 37.3 Å². The van der Waals surface area contributed by atoms with E-state index in [9.17, 15) is 9.59 Å². The zero-order valence-corrected chi connectivity index (χ0v) is 14.3. The minimum Gasteiger partial charge on any atom is -0.484 e. The molecule has 3 N–H and O–H groups in total. The zero-order valence-electron chi connectivity index (χ0n) is 13.5. The van der Waals surface area contributed by atoms with Crippen LogP contribution in [0.3, 0.4) is 0 Å². The van der Waals surface area contributed by atoms with Crippen molar-refractivity contribution in [2.75, 3.05) is 31.6 Å². The van der Waals surface area contributed by atoms with E-state index in [0.717, 1.165) is 13.1 Å². The largest absolute Gasteiger partial charge is 0.484 e. The first-order valence-electron chi connectivity index (χ1n) is 7.76. The second kappa shape index (κ2) is 9.10. The molecule has 0 aliphatic carbocycles. The minimum absolute atomic E-state index is 0. The van der Waals surface area contributed by atoms with Gasteiger partial charge in [-0.1, -0.05) is 6.07 Å². The van der Waals surface area contributed by atoms with Gasteiger partial charge < -0.3 is 25.1 Å². The standard InChI is InChI=1S/C17H19N3O4.ClH/c21-16(19-10-12-8-18-9-12)11-24-14-4-1-3-13(7-14)20-17(22)15-5-2-6-23-15;/h1-7,12,18H,8-11H2,(H,19,21)(H,20,22);1H. The Hall–Kier alpha value is -2.51. The van der Waals surface area contributed by atoms with Crippen molar-refractivity contribution in [1.82, 2.24) is 10.6 Å². The third-order valence-electron chi connectivity index (χ3n) is 3.66. The van der Waals surface area contributed by atoms with Crippen LogP contribution in [0.25, 0.3) is 0 Å². The Bertz CT molecular complexity index is 702. The molecule has 0 radical (unpaired) electrons. The van der Waals surface area contributed by atoms with Gasteiger partial charge >= 0.3 is 0 Å². The smallest absolute Gasteiger partial charge is 0.291 e. The van der Waals surface area contributed by atoms with Crippen molar-refractivity contribution in [1.29, 1.82) is 0 Å². The maximum absolute atomic E-state index is 11.9. The van der Waals surface area contributed by atoms with E-state index in [1.54, 1.807) is 36.4 Å². The lowest BCUT2D eigenvalue weighted by molar-refractivity contribution is -0.123. The molecular formula is C17H20ClN3O4. The van der Waals surface area contributed by atoms with E-state index >= 15 is 0 Å². The van der Waals surface area contributed by atoms with Crippen LogP contribution in [0.4, 0.5) is 5.69 Å². The van der Waals surface area contributed by atoms with Crippen LogP contribution in [0, 0.1) is 5.92 Å². The predicted molar refractivity (Wildman–Crippen MR) is 95.2 cm³/mol. The first-order chi connectivity index (χ1) is 11.7. The number of hydrogen-bond donors (Lipinski definition) is 3. The van der Waals surface area contributed by atoms with Crippen molar-refractivity contribution in [2.24, 2.45) is 5.92 Å². The fraction of sp³-hybridized carbons (Fsp3) is 0.294. The highest BCUT2D eigenvalue weighted by molar-refractivity contribution is 6.02. The van der Waals surface area contributed by atoms with Gasteiger partial charge in [-0.15, -0.1) is 12.4 Å². The molecule has 25 heavy (non-hydrogen) atoms. The number of halogens is 1. The Morgan fingerprint density at radius 1 is 1.24 bits per heavy atom. The summed E-state index contributed by atoms with van der Waals surface area (Å²) in [7, 11) is 0. The monoisotopic (exact) mass is 365 g/mol. The van der Waals surface area contributed by atoms with E-state index in [-0.39, 0.29) is 36.6 Å². The highest BCUT2D eigenvalue weighted by Crippen LogP contribution is 2.18. The highest BCUT2D eigenvalue weighted by atomic mass is 35.5. The number of nitrogens with one attached hydrogen (secondary N) is 3. The van der Waals surface area contributed by atoms with Gasteiger partial charge in [0.15, 0.2) is 12.4 Å². The third-order valence-corrected chi connectivity index (χ3v) is 3.66. The topological polar surface area (TPSA) is 92.6 Å². The molecule has 3 rings (SSSR count). The summed E-state index contributed by atoms with van der Waals surface area (Å²) in [6.07, 6.45) is 1.44. The summed E-state index contributed by atoms with van der Waals surface area (Å²) >= 11 is 0. The maximum Gasteiger partial charge on any atom is 0.291 e. The van der Waals surface area contributed by atoms with Crippen LogP contribution in [0.5, 0.6) is 5.75 Å². The molecule has 1 aliphatic heterocycles. The van der Waals surface area contributed by atoms with Crippen LogP contribution in [0.2, 0.25) is 0 Å². The van der Waals surface area contributed by atoms with Crippen LogP contribution < -0.4 is 20.7 Å². The second-order valence-corrected chi connectivity index (χ2v) is 5.58. The molecule has 1 saturated heterocycles. The number of ether oxygens (including phenoxy) is 1. The van der Waals surface area contributed by atoms with Gasteiger partial charge in [-0.25, -0.2) is 0 Å². The summed E-state index contributed by atoms with van der Waals surface area (Å²) in [5, 5.41) is 8.69. The Morgan fingerprint density at radius 2 is 2.08 bits per heavy atom. The highest BCUT2D eigenvalue weighted by Gasteiger charge is 2.17. The molecule has 2 amide bonds. The maximum atomic E-state index is 11.9. The Balaban J connectivity index is 0.00000225. The van der Waals surface area contributed by atoms with Crippen LogP contribution in [0.1, 0.15) is 10.6 Å². The fourth-order valence-electron chi connectivity index (χ4n) is 2.21. The van der Waals surface area contributed by atoms with Crippen LogP contribution >= 0.6 is 12.4 Å². The van der Waals surface area contributed by atoms with Gasteiger partial charge in [0.2, 0.25) is 0 Å². The molecule has 2 aromatic rings. The number of hydrogen-bond acceptors (Lipinski definition) is 5. The summed E-state index contributed by atoms with van der Waals surface area (Å²) in [6.45, 7) is 2.49. The summed E-state index contributed by atoms with van der Waals surface area (Å²) < 4.78 is 10.5. The molecule has 0 atom stereocenters.